The minimum absolute atomic E-state index is 0.0381. The lowest BCUT2D eigenvalue weighted by Gasteiger charge is -2.07. The van der Waals surface area contributed by atoms with Crippen LogP contribution in [-0.4, -0.2) is 11.7 Å². The van der Waals surface area contributed by atoms with Crippen molar-refractivity contribution in [3.05, 3.63) is 63.9 Å². The molecule has 0 spiro atoms. The first-order valence-corrected chi connectivity index (χ1v) is 6.64. The molecule has 102 valence electrons. The van der Waals surface area contributed by atoms with Crippen molar-refractivity contribution in [3.63, 3.8) is 0 Å². The SMILES string of the molecule is CC(=O)c1ccc(NC(=O)c2ccc(Br)cc2F)cc1. The summed E-state index contributed by atoms with van der Waals surface area (Å²) in [6.45, 7) is 1.46. The fourth-order valence-corrected chi connectivity index (χ4v) is 1.99. The number of carbonyl (C=O) groups is 2. The molecule has 0 aliphatic carbocycles. The molecular weight excluding hydrogens is 325 g/mol. The number of nitrogens with one attached hydrogen (secondary N) is 1. The van der Waals surface area contributed by atoms with Gasteiger partial charge in [0, 0.05) is 15.7 Å². The Morgan fingerprint density at radius 1 is 1.10 bits per heavy atom. The van der Waals surface area contributed by atoms with Gasteiger partial charge in [-0.05, 0) is 49.4 Å². The van der Waals surface area contributed by atoms with Crippen molar-refractivity contribution < 1.29 is 14.0 Å². The molecule has 20 heavy (non-hydrogen) atoms. The van der Waals surface area contributed by atoms with Crippen LogP contribution in [0.3, 0.4) is 0 Å². The standard InChI is InChI=1S/C15H11BrFNO2/c1-9(19)10-2-5-12(6-3-10)18-15(20)13-7-4-11(16)8-14(13)17/h2-8H,1H3,(H,18,20). The van der Waals surface area contributed by atoms with Gasteiger partial charge >= 0.3 is 0 Å². The predicted molar refractivity (Wildman–Crippen MR) is 78.5 cm³/mol. The number of rotatable bonds is 3. The van der Waals surface area contributed by atoms with Crippen molar-refractivity contribution in [2.24, 2.45) is 0 Å². The normalized spacial score (nSPS) is 10.2. The summed E-state index contributed by atoms with van der Waals surface area (Å²) in [5.41, 5.74) is 1.02. The van der Waals surface area contributed by atoms with E-state index in [-0.39, 0.29) is 11.3 Å². The first-order valence-electron chi connectivity index (χ1n) is 5.85. The van der Waals surface area contributed by atoms with E-state index in [2.05, 4.69) is 21.2 Å². The van der Waals surface area contributed by atoms with Gasteiger partial charge in [0.15, 0.2) is 5.78 Å². The maximum Gasteiger partial charge on any atom is 0.258 e. The molecule has 0 atom stereocenters. The van der Waals surface area contributed by atoms with Crippen LogP contribution in [0.4, 0.5) is 10.1 Å². The molecule has 0 heterocycles. The Balaban J connectivity index is 2.17. The van der Waals surface area contributed by atoms with Crippen LogP contribution in [0.5, 0.6) is 0 Å². The third-order valence-corrected chi connectivity index (χ3v) is 3.22. The first-order chi connectivity index (χ1) is 9.47. The number of ketones is 1. The van der Waals surface area contributed by atoms with Crippen molar-refractivity contribution in [2.45, 2.75) is 6.92 Å². The highest BCUT2D eigenvalue weighted by Crippen LogP contribution is 2.17. The highest BCUT2D eigenvalue weighted by atomic mass is 79.9. The van der Waals surface area contributed by atoms with E-state index in [9.17, 15) is 14.0 Å². The molecule has 0 saturated carbocycles. The van der Waals surface area contributed by atoms with Crippen LogP contribution in [0.1, 0.15) is 27.6 Å². The molecule has 0 aliphatic heterocycles. The quantitative estimate of drug-likeness (QED) is 0.860. The van der Waals surface area contributed by atoms with Gasteiger partial charge in [-0.15, -0.1) is 0 Å². The highest BCUT2D eigenvalue weighted by Gasteiger charge is 2.12. The average molecular weight is 336 g/mol. The number of halogens is 2. The molecule has 0 bridgehead atoms. The molecule has 0 radical (unpaired) electrons. The third-order valence-electron chi connectivity index (χ3n) is 2.73. The maximum absolute atomic E-state index is 13.6. The van der Waals surface area contributed by atoms with E-state index < -0.39 is 11.7 Å². The van der Waals surface area contributed by atoms with Crippen molar-refractivity contribution in [1.29, 1.82) is 0 Å². The predicted octanol–water partition coefficient (Wildman–Crippen LogP) is 4.04. The summed E-state index contributed by atoms with van der Waals surface area (Å²) in [5.74, 6) is -1.19. The second-order valence-corrected chi connectivity index (χ2v) is 5.13. The molecule has 1 N–H and O–H groups in total. The summed E-state index contributed by atoms with van der Waals surface area (Å²) in [7, 11) is 0. The monoisotopic (exact) mass is 335 g/mol. The summed E-state index contributed by atoms with van der Waals surface area (Å²) >= 11 is 3.13. The van der Waals surface area contributed by atoms with E-state index in [1.807, 2.05) is 0 Å². The van der Waals surface area contributed by atoms with E-state index in [0.29, 0.717) is 15.7 Å². The van der Waals surface area contributed by atoms with E-state index in [1.165, 1.54) is 19.1 Å². The maximum atomic E-state index is 13.6. The van der Waals surface area contributed by atoms with E-state index in [0.717, 1.165) is 0 Å². The van der Waals surface area contributed by atoms with Crippen molar-refractivity contribution >= 4 is 33.3 Å². The highest BCUT2D eigenvalue weighted by molar-refractivity contribution is 9.10. The van der Waals surface area contributed by atoms with Crippen molar-refractivity contribution in [3.8, 4) is 0 Å². The molecule has 2 rings (SSSR count). The lowest BCUT2D eigenvalue weighted by molar-refractivity contribution is 0.101. The molecule has 0 saturated heterocycles. The van der Waals surface area contributed by atoms with Gasteiger partial charge in [0.2, 0.25) is 0 Å². The fourth-order valence-electron chi connectivity index (χ4n) is 1.66. The van der Waals surface area contributed by atoms with E-state index in [1.54, 1.807) is 30.3 Å². The summed E-state index contributed by atoms with van der Waals surface area (Å²) in [5, 5.41) is 2.58. The lowest BCUT2D eigenvalue weighted by Crippen LogP contribution is -2.13. The van der Waals surface area contributed by atoms with Gasteiger partial charge in [0.05, 0.1) is 5.56 Å². The number of carbonyl (C=O) groups excluding carboxylic acids is 2. The molecule has 0 unspecified atom stereocenters. The van der Waals surface area contributed by atoms with Crippen molar-refractivity contribution in [1.82, 2.24) is 0 Å². The van der Waals surface area contributed by atoms with Gasteiger partial charge in [-0.1, -0.05) is 15.9 Å². The second kappa shape index (κ2) is 5.96. The minimum atomic E-state index is -0.600. The van der Waals surface area contributed by atoms with Gasteiger partial charge in [0.25, 0.3) is 5.91 Å². The minimum Gasteiger partial charge on any atom is -0.322 e. The number of anilines is 1. The van der Waals surface area contributed by atoms with Crippen LogP contribution < -0.4 is 5.32 Å². The molecule has 0 aliphatic rings. The van der Waals surface area contributed by atoms with Crippen LogP contribution >= 0.6 is 15.9 Å². The Labute approximate surface area is 123 Å². The molecule has 0 fully saturated rings. The largest absolute Gasteiger partial charge is 0.322 e. The van der Waals surface area contributed by atoms with Crippen LogP contribution in [0.15, 0.2) is 46.9 Å². The number of hydrogen-bond donors (Lipinski definition) is 1. The zero-order valence-electron chi connectivity index (χ0n) is 10.6. The van der Waals surface area contributed by atoms with E-state index >= 15 is 0 Å². The molecule has 3 nitrogen and oxygen atoms in total. The zero-order chi connectivity index (χ0) is 14.7. The van der Waals surface area contributed by atoms with Crippen LogP contribution in [-0.2, 0) is 0 Å². The van der Waals surface area contributed by atoms with Crippen LogP contribution in [0.25, 0.3) is 0 Å². The van der Waals surface area contributed by atoms with Gasteiger partial charge in [-0.3, -0.25) is 9.59 Å². The first kappa shape index (κ1) is 14.4. The number of amides is 1. The summed E-state index contributed by atoms with van der Waals surface area (Å²) in [6.07, 6.45) is 0. The molecular formula is C15H11BrFNO2. The summed E-state index contributed by atoms with van der Waals surface area (Å²) in [6, 6.07) is 10.6. The topological polar surface area (TPSA) is 46.2 Å². The number of hydrogen-bond acceptors (Lipinski definition) is 2. The van der Waals surface area contributed by atoms with Gasteiger partial charge in [-0.25, -0.2) is 4.39 Å². The van der Waals surface area contributed by atoms with Gasteiger partial charge in [-0.2, -0.15) is 0 Å². The fraction of sp³-hybridized carbons (Fsp3) is 0.0667. The molecule has 0 aromatic heterocycles. The average Bonchev–Trinajstić information content (AvgIpc) is 2.39. The smallest absolute Gasteiger partial charge is 0.258 e. The van der Waals surface area contributed by atoms with Gasteiger partial charge in [0.1, 0.15) is 5.82 Å². The lowest BCUT2D eigenvalue weighted by atomic mass is 10.1. The Hall–Kier alpha value is -2.01. The molecule has 1 amide bonds. The second-order valence-electron chi connectivity index (χ2n) is 4.21. The Kier molecular flexibility index (Phi) is 4.29. The van der Waals surface area contributed by atoms with Crippen molar-refractivity contribution in [2.75, 3.05) is 5.32 Å². The van der Waals surface area contributed by atoms with Gasteiger partial charge < -0.3 is 5.32 Å². The summed E-state index contributed by atoms with van der Waals surface area (Å²) in [4.78, 5) is 23.1. The number of benzene rings is 2. The van der Waals surface area contributed by atoms with E-state index in [4.69, 9.17) is 0 Å². The Morgan fingerprint density at radius 2 is 1.75 bits per heavy atom. The van der Waals surface area contributed by atoms with Crippen LogP contribution in [0, 0.1) is 5.82 Å². The molecule has 5 heteroatoms. The van der Waals surface area contributed by atoms with Crippen LogP contribution in [0.2, 0.25) is 0 Å². The Bertz CT molecular complexity index is 668. The third kappa shape index (κ3) is 3.30. The zero-order valence-corrected chi connectivity index (χ0v) is 12.2. The summed E-state index contributed by atoms with van der Waals surface area (Å²) < 4.78 is 14.2. The Morgan fingerprint density at radius 3 is 2.30 bits per heavy atom. The number of Topliss-reactive ketones (excluding diaryl/α,β-unsaturated/α-hetero) is 1. The molecule has 2 aromatic rings. The molecule has 2 aromatic carbocycles.